The average Bonchev–Trinajstić information content (AvgIpc) is 3.10. The van der Waals surface area contributed by atoms with Crippen LogP contribution in [-0.4, -0.2) is 63.1 Å². The number of alkyl halides is 3. The van der Waals surface area contributed by atoms with Crippen molar-refractivity contribution >= 4 is 17.2 Å². The van der Waals surface area contributed by atoms with Crippen LogP contribution in [0.15, 0.2) is 11.4 Å². The molecule has 0 radical (unpaired) electrons. The van der Waals surface area contributed by atoms with Crippen LogP contribution in [0.1, 0.15) is 21.9 Å². The van der Waals surface area contributed by atoms with Gasteiger partial charge < -0.3 is 14.7 Å². The van der Waals surface area contributed by atoms with Gasteiger partial charge in [0.2, 0.25) is 5.13 Å². The maximum Gasteiger partial charge on any atom is 0.433 e. The van der Waals surface area contributed by atoms with Crippen LogP contribution in [0.25, 0.3) is 5.13 Å². The van der Waals surface area contributed by atoms with Crippen LogP contribution in [0.2, 0.25) is 0 Å². The first-order chi connectivity index (χ1) is 11.8. The Kier molecular flexibility index (Phi) is 4.80. The Morgan fingerprint density at radius 1 is 1.48 bits per heavy atom. The number of rotatable bonds is 2. The molecule has 1 atom stereocenters. The summed E-state index contributed by atoms with van der Waals surface area (Å²) >= 11 is 0.893. The monoisotopic (exact) mass is 376 g/mol. The number of ether oxygens (including phenoxy) is 1. The van der Waals surface area contributed by atoms with Crippen LogP contribution in [0, 0.1) is 6.92 Å². The van der Waals surface area contributed by atoms with E-state index in [1.54, 1.807) is 0 Å². The number of β-amino-alcohol motifs (C(OH)–C–C–N with tert-alkyl or cyclic N) is 1. The van der Waals surface area contributed by atoms with E-state index < -0.39 is 23.9 Å². The van der Waals surface area contributed by atoms with Crippen molar-refractivity contribution in [3.63, 3.8) is 0 Å². The third-order valence-corrected chi connectivity index (χ3v) is 4.36. The molecule has 0 spiro atoms. The number of aromatic nitrogens is 3. The second kappa shape index (κ2) is 6.73. The van der Waals surface area contributed by atoms with Crippen molar-refractivity contribution in [1.82, 2.24) is 19.7 Å². The topological polar surface area (TPSA) is 80.5 Å². The summed E-state index contributed by atoms with van der Waals surface area (Å²) in [5.41, 5.74) is -0.740. The summed E-state index contributed by atoms with van der Waals surface area (Å²) in [7, 11) is 0. The van der Waals surface area contributed by atoms with Gasteiger partial charge in [-0.3, -0.25) is 4.79 Å². The molecule has 0 aromatic carbocycles. The van der Waals surface area contributed by atoms with E-state index in [1.165, 1.54) is 17.2 Å². The molecule has 3 heterocycles. The van der Waals surface area contributed by atoms with Gasteiger partial charge in [0.05, 0.1) is 25.0 Å². The zero-order valence-electron chi connectivity index (χ0n) is 13.2. The quantitative estimate of drug-likeness (QED) is 0.859. The Bertz CT molecular complexity index is 774. The molecule has 2 aromatic rings. The smallest absolute Gasteiger partial charge is 0.389 e. The van der Waals surface area contributed by atoms with Crippen molar-refractivity contribution in [1.29, 1.82) is 0 Å². The van der Waals surface area contributed by atoms with Crippen LogP contribution < -0.4 is 0 Å². The van der Waals surface area contributed by atoms with Crippen molar-refractivity contribution in [2.75, 3.05) is 26.3 Å². The van der Waals surface area contributed by atoms with E-state index in [0.29, 0.717) is 4.68 Å². The van der Waals surface area contributed by atoms with Crippen molar-refractivity contribution in [3.8, 4) is 5.13 Å². The molecule has 0 saturated carbocycles. The minimum atomic E-state index is -4.58. The molecular weight excluding hydrogens is 361 g/mol. The largest absolute Gasteiger partial charge is 0.433 e. The van der Waals surface area contributed by atoms with Gasteiger partial charge in [0, 0.05) is 18.5 Å². The Labute approximate surface area is 144 Å². The molecule has 25 heavy (non-hydrogen) atoms. The fourth-order valence-corrected chi connectivity index (χ4v) is 3.21. The number of aliphatic hydroxyl groups is 1. The van der Waals surface area contributed by atoms with Gasteiger partial charge in [-0.25, -0.2) is 9.67 Å². The van der Waals surface area contributed by atoms with Crippen molar-refractivity contribution in [3.05, 3.63) is 28.5 Å². The highest BCUT2D eigenvalue weighted by atomic mass is 32.1. The van der Waals surface area contributed by atoms with E-state index in [9.17, 15) is 23.1 Å². The number of nitrogens with zero attached hydrogens (tertiary/aromatic N) is 4. The highest BCUT2D eigenvalue weighted by Crippen LogP contribution is 2.32. The lowest BCUT2D eigenvalue weighted by Gasteiger charge is -2.20. The van der Waals surface area contributed by atoms with Crippen molar-refractivity contribution in [2.45, 2.75) is 19.2 Å². The standard InChI is InChI=1S/C14H15F3N4O3S/c1-8-4-11(14(15,16)17)21(19-8)13-18-10(7-25-13)12(23)20-2-3-24-6-9(22)5-20/h4,7,9,22H,2-3,5-6H2,1H3/t9-/m0/s1. The zero-order chi connectivity index (χ0) is 18.2. The van der Waals surface area contributed by atoms with Crippen molar-refractivity contribution in [2.24, 2.45) is 0 Å². The Morgan fingerprint density at radius 3 is 2.96 bits per heavy atom. The van der Waals surface area contributed by atoms with E-state index in [0.717, 1.165) is 17.4 Å². The summed E-state index contributed by atoms with van der Waals surface area (Å²) in [5, 5.41) is 14.8. The van der Waals surface area contributed by atoms with Crippen molar-refractivity contribution < 1.29 is 27.8 Å². The van der Waals surface area contributed by atoms with Gasteiger partial charge >= 0.3 is 6.18 Å². The fraction of sp³-hybridized carbons (Fsp3) is 0.500. The number of halogens is 3. The number of carbonyl (C=O) groups is 1. The summed E-state index contributed by atoms with van der Waals surface area (Å²) < 4.78 is 45.1. The van der Waals surface area contributed by atoms with Crippen LogP contribution in [0.4, 0.5) is 13.2 Å². The summed E-state index contributed by atoms with van der Waals surface area (Å²) in [6, 6.07) is 0.922. The number of hydrogen-bond acceptors (Lipinski definition) is 6. The number of hydrogen-bond donors (Lipinski definition) is 1. The number of aryl methyl sites for hydroxylation is 1. The first-order valence-corrected chi connectivity index (χ1v) is 8.28. The Hall–Kier alpha value is -1.98. The molecule has 1 saturated heterocycles. The van der Waals surface area contributed by atoms with Gasteiger partial charge in [-0.15, -0.1) is 11.3 Å². The number of amides is 1. The second-order valence-electron chi connectivity index (χ2n) is 5.58. The molecule has 1 aliphatic rings. The molecule has 1 aliphatic heterocycles. The Balaban J connectivity index is 1.87. The minimum Gasteiger partial charge on any atom is -0.389 e. The average molecular weight is 376 g/mol. The van der Waals surface area contributed by atoms with Gasteiger partial charge in [0.15, 0.2) is 5.69 Å². The maximum atomic E-state index is 13.1. The molecular formula is C14H15F3N4O3S. The van der Waals surface area contributed by atoms with E-state index in [1.807, 2.05) is 0 Å². The first-order valence-electron chi connectivity index (χ1n) is 7.40. The number of carbonyl (C=O) groups excluding carboxylic acids is 1. The summed E-state index contributed by atoms with van der Waals surface area (Å²) in [6.45, 7) is 2.21. The highest BCUT2D eigenvalue weighted by molar-refractivity contribution is 7.12. The summed E-state index contributed by atoms with van der Waals surface area (Å²) in [4.78, 5) is 17.9. The molecule has 1 fully saturated rings. The second-order valence-corrected chi connectivity index (χ2v) is 6.41. The minimum absolute atomic E-state index is 0.00961. The van der Waals surface area contributed by atoms with Crippen LogP contribution in [0.3, 0.4) is 0 Å². The van der Waals surface area contributed by atoms with Gasteiger partial charge in [0.25, 0.3) is 5.91 Å². The molecule has 3 rings (SSSR count). The first kappa shape index (κ1) is 17.8. The molecule has 0 unspecified atom stereocenters. The molecule has 0 bridgehead atoms. The summed E-state index contributed by atoms with van der Waals surface area (Å²) in [5.74, 6) is -0.468. The predicted octanol–water partition coefficient (Wildman–Crippen LogP) is 1.49. The molecule has 11 heteroatoms. The van der Waals surface area contributed by atoms with E-state index in [4.69, 9.17) is 4.74 Å². The van der Waals surface area contributed by atoms with Gasteiger partial charge in [-0.2, -0.15) is 18.3 Å². The highest BCUT2D eigenvalue weighted by Gasteiger charge is 2.36. The van der Waals surface area contributed by atoms with Gasteiger partial charge in [-0.1, -0.05) is 0 Å². The molecule has 0 aliphatic carbocycles. The van der Waals surface area contributed by atoms with E-state index >= 15 is 0 Å². The number of thiazole rings is 1. The van der Waals surface area contributed by atoms with E-state index in [-0.39, 0.29) is 42.8 Å². The zero-order valence-corrected chi connectivity index (χ0v) is 14.0. The fourth-order valence-electron chi connectivity index (χ4n) is 2.45. The van der Waals surface area contributed by atoms with Gasteiger partial charge in [-0.05, 0) is 13.0 Å². The Morgan fingerprint density at radius 2 is 2.24 bits per heavy atom. The SMILES string of the molecule is Cc1cc(C(F)(F)F)n(-c2nc(C(=O)N3CCOC[C@@H](O)C3)cs2)n1. The number of aliphatic hydroxyl groups excluding tert-OH is 1. The lowest BCUT2D eigenvalue weighted by Crippen LogP contribution is -2.37. The molecule has 136 valence electrons. The third kappa shape index (κ3) is 3.83. The predicted molar refractivity (Wildman–Crippen MR) is 81.7 cm³/mol. The third-order valence-electron chi connectivity index (χ3n) is 3.55. The van der Waals surface area contributed by atoms with Crippen LogP contribution in [0.5, 0.6) is 0 Å². The molecule has 1 amide bonds. The maximum absolute atomic E-state index is 13.1. The molecule has 2 aromatic heterocycles. The summed E-state index contributed by atoms with van der Waals surface area (Å²) in [6.07, 6.45) is -5.39. The molecule has 1 N–H and O–H groups in total. The normalized spacial score (nSPS) is 19.1. The lowest BCUT2D eigenvalue weighted by molar-refractivity contribution is -0.142. The van der Waals surface area contributed by atoms with Crippen LogP contribution >= 0.6 is 11.3 Å². The lowest BCUT2D eigenvalue weighted by atomic mass is 10.3. The van der Waals surface area contributed by atoms with Gasteiger partial charge in [0.1, 0.15) is 5.69 Å². The molecule has 7 nitrogen and oxygen atoms in total. The van der Waals surface area contributed by atoms with E-state index in [2.05, 4.69) is 10.1 Å². The van der Waals surface area contributed by atoms with Crippen LogP contribution in [-0.2, 0) is 10.9 Å².